The Hall–Kier alpha value is -0.180. The summed E-state index contributed by atoms with van der Waals surface area (Å²) in [7, 11) is 0. The van der Waals surface area contributed by atoms with Crippen LogP contribution >= 0.6 is 11.8 Å². The van der Waals surface area contributed by atoms with Crippen LogP contribution in [0.1, 0.15) is 71.6 Å². The van der Waals surface area contributed by atoms with E-state index in [2.05, 4.69) is 25.4 Å². The van der Waals surface area contributed by atoms with Gasteiger partial charge in [0.2, 0.25) is 0 Å². The lowest BCUT2D eigenvalue weighted by Gasteiger charge is -2.57. The Bertz CT molecular complexity index is 427. The first kappa shape index (κ1) is 16.3. The molecule has 5 saturated carbocycles. The van der Waals surface area contributed by atoms with E-state index in [0.29, 0.717) is 11.6 Å². The SMILES string of the molecule is CSC(=NC1C(C)CCCC1C)NC12CC3CC(CC(C3)C1)C2. The van der Waals surface area contributed by atoms with Gasteiger partial charge in [-0.05, 0) is 87.2 Å². The number of rotatable bonds is 2. The Kier molecular flexibility index (Phi) is 4.45. The Morgan fingerprint density at radius 1 is 0.957 bits per heavy atom. The number of hydrogen-bond acceptors (Lipinski definition) is 2. The van der Waals surface area contributed by atoms with Crippen LogP contribution in [0.25, 0.3) is 0 Å². The van der Waals surface area contributed by atoms with Crippen molar-refractivity contribution in [2.24, 2.45) is 34.6 Å². The van der Waals surface area contributed by atoms with Gasteiger partial charge in [0.05, 0.1) is 6.04 Å². The van der Waals surface area contributed by atoms with Gasteiger partial charge in [0.25, 0.3) is 0 Å². The van der Waals surface area contributed by atoms with Crippen LogP contribution in [0.4, 0.5) is 0 Å². The average molecular weight is 335 g/mol. The van der Waals surface area contributed by atoms with Crippen LogP contribution in [0.2, 0.25) is 0 Å². The molecule has 0 heterocycles. The quantitative estimate of drug-likeness (QED) is 0.562. The van der Waals surface area contributed by atoms with Gasteiger partial charge in [0.1, 0.15) is 0 Å². The highest BCUT2D eigenvalue weighted by atomic mass is 32.2. The first-order valence-corrected chi connectivity index (χ1v) is 11.2. The van der Waals surface area contributed by atoms with Crippen molar-refractivity contribution in [1.29, 1.82) is 0 Å². The molecule has 5 rings (SSSR count). The first-order valence-electron chi connectivity index (χ1n) is 9.97. The van der Waals surface area contributed by atoms with Gasteiger partial charge in [0, 0.05) is 5.54 Å². The molecule has 2 atom stereocenters. The second-order valence-corrected chi connectivity index (χ2v) is 10.1. The highest BCUT2D eigenvalue weighted by Crippen LogP contribution is 2.55. The number of hydrogen-bond donors (Lipinski definition) is 1. The molecule has 2 nitrogen and oxygen atoms in total. The predicted octanol–water partition coefficient (Wildman–Crippen LogP) is 5.09. The molecule has 1 N–H and O–H groups in total. The largest absolute Gasteiger partial charge is 0.359 e. The molecule has 5 fully saturated rings. The lowest BCUT2D eigenvalue weighted by Crippen LogP contribution is -2.59. The predicted molar refractivity (Wildman–Crippen MR) is 101 cm³/mol. The smallest absolute Gasteiger partial charge is 0.156 e. The maximum atomic E-state index is 5.26. The molecule has 0 radical (unpaired) electrons. The van der Waals surface area contributed by atoms with E-state index in [4.69, 9.17) is 4.99 Å². The molecule has 5 aliphatic rings. The molecule has 130 valence electrons. The third kappa shape index (κ3) is 3.19. The van der Waals surface area contributed by atoms with Crippen LogP contribution in [0.15, 0.2) is 4.99 Å². The van der Waals surface area contributed by atoms with E-state index in [1.165, 1.54) is 63.0 Å². The number of amidine groups is 1. The second-order valence-electron chi connectivity index (χ2n) is 9.34. The van der Waals surface area contributed by atoms with Crippen LogP contribution in [0.5, 0.6) is 0 Å². The fourth-order valence-corrected chi connectivity index (χ4v) is 7.23. The summed E-state index contributed by atoms with van der Waals surface area (Å²) in [6.07, 6.45) is 15.1. The van der Waals surface area contributed by atoms with Crippen molar-refractivity contribution in [2.45, 2.75) is 83.2 Å². The Balaban J connectivity index is 1.50. The highest BCUT2D eigenvalue weighted by molar-refractivity contribution is 8.13. The zero-order valence-corrected chi connectivity index (χ0v) is 16.0. The summed E-state index contributed by atoms with van der Waals surface area (Å²) in [6, 6.07) is 0.535. The summed E-state index contributed by atoms with van der Waals surface area (Å²) in [5.41, 5.74) is 0.401. The van der Waals surface area contributed by atoms with E-state index >= 15 is 0 Å². The average Bonchev–Trinajstić information content (AvgIpc) is 2.48. The van der Waals surface area contributed by atoms with Gasteiger partial charge in [0.15, 0.2) is 5.17 Å². The van der Waals surface area contributed by atoms with Crippen molar-refractivity contribution in [3.8, 4) is 0 Å². The van der Waals surface area contributed by atoms with Crippen molar-refractivity contribution in [3.63, 3.8) is 0 Å². The van der Waals surface area contributed by atoms with Crippen LogP contribution in [-0.2, 0) is 0 Å². The molecule has 5 aliphatic carbocycles. The lowest BCUT2D eigenvalue weighted by molar-refractivity contribution is -0.00972. The number of thioether (sulfide) groups is 1. The van der Waals surface area contributed by atoms with Crippen molar-refractivity contribution in [2.75, 3.05) is 6.26 Å². The van der Waals surface area contributed by atoms with Gasteiger partial charge in [-0.15, -0.1) is 0 Å². The normalized spacial score (nSPS) is 49.4. The first-order chi connectivity index (χ1) is 11.1. The van der Waals surface area contributed by atoms with Crippen molar-refractivity contribution < 1.29 is 0 Å². The standard InChI is InChI=1S/C20H34N2S/c1-13-5-4-6-14(2)18(13)21-19(23-3)22-20-10-15-7-16(11-20)9-17(8-15)12-20/h13-18H,4-12H2,1-3H3,(H,21,22). The minimum atomic E-state index is 0.401. The van der Waals surface area contributed by atoms with Gasteiger partial charge in [-0.1, -0.05) is 32.0 Å². The topological polar surface area (TPSA) is 24.4 Å². The maximum Gasteiger partial charge on any atom is 0.156 e. The zero-order valence-electron chi connectivity index (χ0n) is 15.2. The number of nitrogens with one attached hydrogen (secondary N) is 1. The summed E-state index contributed by atoms with van der Waals surface area (Å²) in [4.78, 5) is 5.26. The van der Waals surface area contributed by atoms with Gasteiger partial charge < -0.3 is 5.32 Å². The zero-order chi connectivity index (χ0) is 16.0. The summed E-state index contributed by atoms with van der Waals surface area (Å²) < 4.78 is 0. The van der Waals surface area contributed by atoms with E-state index in [1.54, 1.807) is 0 Å². The van der Waals surface area contributed by atoms with Crippen LogP contribution in [0, 0.1) is 29.6 Å². The Labute approximate surface area is 146 Å². The molecule has 0 spiro atoms. The summed E-state index contributed by atoms with van der Waals surface area (Å²) >= 11 is 1.86. The highest BCUT2D eigenvalue weighted by Gasteiger charge is 2.51. The molecular weight excluding hydrogens is 300 g/mol. The summed E-state index contributed by atoms with van der Waals surface area (Å²) in [6.45, 7) is 4.82. The van der Waals surface area contributed by atoms with E-state index in [9.17, 15) is 0 Å². The van der Waals surface area contributed by atoms with Gasteiger partial charge in [-0.25, -0.2) is 0 Å². The van der Waals surface area contributed by atoms with Crippen LogP contribution in [-0.4, -0.2) is 23.0 Å². The lowest BCUT2D eigenvalue weighted by atomic mass is 9.53. The molecule has 0 saturated heterocycles. The molecule has 0 aliphatic heterocycles. The molecule has 0 aromatic carbocycles. The molecule has 2 unspecified atom stereocenters. The summed E-state index contributed by atoms with van der Waals surface area (Å²) in [5, 5.41) is 5.26. The van der Waals surface area contributed by atoms with Gasteiger partial charge in [-0.2, -0.15) is 0 Å². The fourth-order valence-electron chi connectivity index (χ4n) is 6.68. The number of aliphatic imine (C=N–C) groups is 1. The minimum absolute atomic E-state index is 0.401. The molecule has 0 aromatic rings. The van der Waals surface area contributed by atoms with Crippen molar-refractivity contribution >= 4 is 16.9 Å². The molecular formula is C20H34N2S. The Morgan fingerprint density at radius 3 is 1.96 bits per heavy atom. The number of nitrogens with zero attached hydrogens (tertiary/aromatic N) is 1. The van der Waals surface area contributed by atoms with Gasteiger partial charge in [-0.3, -0.25) is 4.99 Å². The van der Waals surface area contributed by atoms with E-state index in [1.807, 2.05) is 11.8 Å². The van der Waals surface area contributed by atoms with E-state index in [-0.39, 0.29) is 0 Å². The van der Waals surface area contributed by atoms with E-state index < -0.39 is 0 Å². The molecule has 23 heavy (non-hydrogen) atoms. The minimum Gasteiger partial charge on any atom is -0.359 e. The molecule has 4 bridgehead atoms. The van der Waals surface area contributed by atoms with Crippen LogP contribution in [0.3, 0.4) is 0 Å². The van der Waals surface area contributed by atoms with Crippen molar-refractivity contribution in [1.82, 2.24) is 5.32 Å². The molecule has 3 heteroatoms. The molecule has 0 amide bonds. The maximum absolute atomic E-state index is 5.26. The van der Waals surface area contributed by atoms with Crippen molar-refractivity contribution in [3.05, 3.63) is 0 Å². The van der Waals surface area contributed by atoms with Gasteiger partial charge >= 0.3 is 0 Å². The summed E-state index contributed by atoms with van der Waals surface area (Å²) in [5.74, 6) is 4.51. The van der Waals surface area contributed by atoms with E-state index in [0.717, 1.165) is 29.6 Å². The second kappa shape index (κ2) is 6.28. The monoisotopic (exact) mass is 334 g/mol. The third-order valence-corrected chi connectivity index (χ3v) is 7.95. The van der Waals surface area contributed by atoms with Crippen LogP contribution < -0.4 is 5.32 Å². The Morgan fingerprint density at radius 2 is 1.48 bits per heavy atom. The fraction of sp³-hybridized carbons (Fsp3) is 0.950. The third-order valence-electron chi connectivity index (χ3n) is 7.35. The molecule has 0 aromatic heterocycles.